The molecule has 1 atom stereocenters. The summed E-state index contributed by atoms with van der Waals surface area (Å²) < 4.78 is 28.5. The van der Waals surface area contributed by atoms with Crippen molar-refractivity contribution in [3.8, 4) is 0 Å². The van der Waals surface area contributed by atoms with Gasteiger partial charge in [-0.1, -0.05) is 0 Å². The lowest BCUT2D eigenvalue weighted by Gasteiger charge is -2.22. The van der Waals surface area contributed by atoms with Gasteiger partial charge in [-0.05, 0) is 45.7 Å². The highest BCUT2D eigenvalue weighted by Crippen LogP contribution is 2.16. The first-order valence-electron chi connectivity index (χ1n) is 6.71. The van der Waals surface area contributed by atoms with Gasteiger partial charge in [-0.3, -0.25) is 9.40 Å². The van der Waals surface area contributed by atoms with Crippen molar-refractivity contribution in [2.45, 2.75) is 32.7 Å². The van der Waals surface area contributed by atoms with Crippen molar-refractivity contribution in [2.24, 2.45) is 5.92 Å². The minimum absolute atomic E-state index is 0.173. The first kappa shape index (κ1) is 14.3. The van der Waals surface area contributed by atoms with Gasteiger partial charge in [0.05, 0.1) is 17.6 Å². The van der Waals surface area contributed by atoms with Crippen molar-refractivity contribution in [1.29, 1.82) is 0 Å². The third kappa shape index (κ3) is 4.21. The topological polar surface area (TPSA) is 76.0 Å². The largest absolute Gasteiger partial charge is 0.316 e. The van der Waals surface area contributed by atoms with Gasteiger partial charge in [0.1, 0.15) is 0 Å². The minimum atomic E-state index is -3.29. The molecule has 0 radical (unpaired) electrons. The molecule has 1 aliphatic heterocycles. The molecule has 1 aromatic rings. The highest BCUT2D eigenvalue weighted by Gasteiger charge is 2.21. The van der Waals surface area contributed by atoms with Crippen LogP contribution in [0, 0.1) is 5.92 Å². The number of rotatable bonds is 5. The first-order valence-corrected chi connectivity index (χ1v) is 8.37. The quantitative estimate of drug-likeness (QED) is 0.853. The van der Waals surface area contributed by atoms with Gasteiger partial charge >= 0.3 is 0 Å². The Morgan fingerprint density at radius 3 is 2.95 bits per heavy atom. The predicted molar refractivity (Wildman–Crippen MR) is 75.6 cm³/mol. The third-order valence-electron chi connectivity index (χ3n) is 3.26. The van der Waals surface area contributed by atoms with E-state index in [1.807, 2.05) is 13.8 Å². The second kappa shape index (κ2) is 5.92. The van der Waals surface area contributed by atoms with E-state index in [4.69, 9.17) is 0 Å². The average molecular weight is 286 g/mol. The fourth-order valence-corrected chi connectivity index (χ4v) is 3.72. The van der Waals surface area contributed by atoms with Gasteiger partial charge in [0.25, 0.3) is 0 Å². The fourth-order valence-electron chi connectivity index (χ4n) is 2.27. The Hall–Kier alpha value is -1.08. The number of hydrogen-bond acceptors (Lipinski definition) is 4. The molecular formula is C12H22N4O2S. The second-order valence-electron chi connectivity index (χ2n) is 5.40. The van der Waals surface area contributed by atoms with E-state index in [1.54, 1.807) is 17.1 Å². The average Bonchev–Trinajstić information content (AvgIpc) is 2.77. The van der Waals surface area contributed by atoms with Gasteiger partial charge < -0.3 is 5.32 Å². The molecule has 0 spiro atoms. The number of anilines is 1. The van der Waals surface area contributed by atoms with E-state index in [9.17, 15) is 8.42 Å². The lowest BCUT2D eigenvalue weighted by Crippen LogP contribution is -2.35. The predicted octanol–water partition coefficient (Wildman–Crippen LogP) is 1.21. The molecule has 0 aromatic carbocycles. The summed E-state index contributed by atoms with van der Waals surface area (Å²) in [6.07, 6.45) is 5.29. The maximum atomic E-state index is 12.1. The van der Waals surface area contributed by atoms with Crippen LogP contribution in [-0.4, -0.2) is 37.0 Å². The molecule has 7 heteroatoms. The van der Waals surface area contributed by atoms with Gasteiger partial charge in [0, 0.05) is 12.2 Å². The number of nitrogens with zero attached hydrogens (tertiary/aromatic N) is 2. The van der Waals surface area contributed by atoms with Crippen LogP contribution in [0.4, 0.5) is 5.69 Å². The zero-order valence-corrected chi connectivity index (χ0v) is 12.3. The fraction of sp³-hybridized carbons (Fsp3) is 0.750. The highest BCUT2D eigenvalue weighted by molar-refractivity contribution is 7.92. The molecule has 0 aliphatic carbocycles. The Kier molecular flexibility index (Phi) is 4.46. The molecule has 0 bridgehead atoms. The van der Waals surface area contributed by atoms with Crippen molar-refractivity contribution in [1.82, 2.24) is 15.1 Å². The molecule has 1 aromatic heterocycles. The number of piperidine rings is 1. The summed E-state index contributed by atoms with van der Waals surface area (Å²) in [6, 6.07) is 0.223. The van der Waals surface area contributed by atoms with E-state index >= 15 is 0 Å². The summed E-state index contributed by atoms with van der Waals surface area (Å²) in [4.78, 5) is 0. The Balaban J connectivity index is 1.95. The maximum Gasteiger partial charge on any atom is 0.233 e. The van der Waals surface area contributed by atoms with Gasteiger partial charge in [0.2, 0.25) is 10.0 Å². The molecule has 1 fully saturated rings. The molecule has 2 heterocycles. The van der Waals surface area contributed by atoms with E-state index < -0.39 is 10.0 Å². The summed E-state index contributed by atoms with van der Waals surface area (Å²) in [7, 11) is -3.29. The standard InChI is InChI=1S/C12H22N4O2S/c1-10(2)16-8-12(7-14-16)15-19(17,18)9-11-4-3-5-13-6-11/h7-8,10-11,13,15H,3-6,9H2,1-2H3. The van der Waals surface area contributed by atoms with Gasteiger partial charge in [0.15, 0.2) is 0 Å². The van der Waals surface area contributed by atoms with Crippen LogP contribution < -0.4 is 10.0 Å². The van der Waals surface area contributed by atoms with Crippen molar-refractivity contribution in [3.05, 3.63) is 12.4 Å². The van der Waals surface area contributed by atoms with Crippen LogP contribution >= 0.6 is 0 Å². The molecule has 2 N–H and O–H groups in total. The van der Waals surface area contributed by atoms with Crippen LogP contribution in [0.25, 0.3) is 0 Å². The summed E-state index contributed by atoms with van der Waals surface area (Å²) in [5.41, 5.74) is 0.539. The van der Waals surface area contributed by atoms with Crippen LogP contribution in [0.15, 0.2) is 12.4 Å². The smallest absolute Gasteiger partial charge is 0.233 e. The van der Waals surface area contributed by atoms with E-state index in [2.05, 4.69) is 15.1 Å². The molecule has 1 aliphatic rings. The van der Waals surface area contributed by atoms with Crippen LogP contribution in [0.3, 0.4) is 0 Å². The van der Waals surface area contributed by atoms with Crippen LogP contribution in [-0.2, 0) is 10.0 Å². The zero-order valence-electron chi connectivity index (χ0n) is 11.5. The van der Waals surface area contributed by atoms with Crippen LogP contribution in [0.2, 0.25) is 0 Å². The number of sulfonamides is 1. The molecule has 0 amide bonds. The summed E-state index contributed by atoms with van der Waals surface area (Å²) in [5.74, 6) is 0.374. The molecular weight excluding hydrogens is 264 g/mol. The normalized spacial score (nSPS) is 20.7. The lowest BCUT2D eigenvalue weighted by atomic mass is 10.0. The molecule has 19 heavy (non-hydrogen) atoms. The van der Waals surface area contributed by atoms with E-state index in [0.29, 0.717) is 5.69 Å². The molecule has 108 valence electrons. The summed E-state index contributed by atoms with van der Waals surface area (Å²) in [5, 5.41) is 7.36. The lowest BCUT2D eigenvalue weighted by molar-refractivity contribution is 0.404. The molecule has 6 nitrogen and oxygen atoms in total. The van der Waals surface area contributed by atoms with Crippen LogP contribution in [0.1, 0.15) is 32.7 Å². The SMILES string of the molecule is CC(C)n1cc(NS(=O)(=O)CC2CCCNC2)cn1. The first-order chi connectivity index (χ1) is 8.96. The van der Waals surface area contributed by atoms with E-state index in [-0.39, 0.29) is 17.7 Å². The Bertz CT molecular complexity index is 504. The number of aromatic nitrogens is 2. The third-order valence-corrected chi connectivity index (χ3v) is 4.71. The molecule has 1 unspecified atom stereocenters. The monoisotopic (exact) mass is 286 g/mol. The highest BCUT2D eigenvalue weighted by atomic mass is 32.2. The maximum absolute atomic E-state index is 12.1. The van der Waals surface area contributed by atoms with Gasteiger partial charge in [-0.25, -0.2) is 8.42 Å². The van der Waals surface area contributed by atoms with Crippen molar-refractivity contribution >= 4 is 15.7 Å². The molecule has 1 saturated heterocycles. The summed E-state index contributed by atoms with van der Waals surface area (Å²) in [6.45, 7) is 5.77. The van der Waals surface area contributed by atoms with Crippen LogP contribution in [0.5, 0.6) is 0 Å². The molecule has 0 saturated carbocycles. The number of nitrogens with one attached hydrogen (secondary N) is 2. The Morgan fingerprint density at radius 1 is 1.58 bits per heavy atom. The van der Waals surface area contributed by atoms with Gasteiger partial charge in [-0.15, -0.1) is 0 Å². The summed E-state index contributed by atoms with van der Waals surface area (Å²) >= 11 is 0. The zero-order chi connectivity index (χ0) is 13.9. The number of hydrogen-bond donors (Lipinski definition) is 2. The van der Waals surface area contributed by atoms with E-state index in [1.165, 1.54) is 0 Å². The van der Waals surface area contributed by atoms with Gasteiger partial charge in [-0.2, -0.15) is 5.10 Å². The van der Waals surface area contributed by atoms with Crippen molar-refractivity contribution in [2.75, 3.05) is 23.6 Å². The minimum Gasteiger partial charge on any atom is -0.316 e. The Morgan fingerprint density at radius 2 is 2.37 bits per heavy atom. The van der Waals surface area contributed by atoms with Crippen molar-refractivity contribution < 1.29 is 8.42 Å². The Labute approximate surface area is 114 Å². The molecule has 2 rings (SSSR count). The van der Waals surface area contributed by atoms with E-state index in [0.717, 1.165) is 25.9 Å². The second-order valence-corrected chi connectivity index (χ2v) is 7.17. The van der Waals surface area contributed by atoms with Crippen molar-refractivity contribution in [3.63, 3.8) is 0 Å².